The second-order valence-electron chi connectivity index (χ2n) is 6.60. The highest BCUT2D eigenvalue weighted by Gasteiger charge is 2.19. The minimum Gasteiger partial charge on any atom is -0.434 e. The van der Waals surface area contributed by atoms with Crippen LogP contribution in [0.2, 0.25) is 0 Å². The molecule has 0 aromatic heterocycles. The highest BCUT2D eigenvalue weighted by molar-refractivity contribution is 7.89. The van der Waals surface area contributed by atoms with E-state index in [4.69, 9.17) is 0 Å². The monoisotopic (exact) mass is 411 g/mol. The molecule has 152 valence electrons. The average molecular weight is 411 g/mol. The van der Waals surface area contributed by atoms with Crippen molar-refractivity contribution in [1.82, 2.24) is 9.62 Å². The van der Waals surface area contributed by atoms with Crippen LogP contribution in [-0.4, -0.2) is 53.2 Å². The van der Waals surface area contributed by atoms with Crippen LogP contribution in [0, 0.1) is 0 Å². The molecule has 0 bridgehead atoms. The minimum atomic E-state index is -3.81. The summed E-state index contributed by atoms with van der Waals surface area (Å²) in [4.78, 5) is 4.50. The van der Waals surface area contributed by atoms with Gasteiger partial charge in [-0.25, -0.2) is 13.1 Å². The first-order chi connectivity index (χ1) is 13.3. The average Bonchev–Trinajstić information content (AvgIpc) is 2.68. The molecule has 1 aliphatic heterocycles. The minimum absolute atomic E-state index is 0.0496. The third kappa shape index (κ3) is 5.18. The van der Waals surface area contributed by atoms with Crippen LogP contribution in [0.4, 0.5) is 14.5 Å². The maximum Gasteiger partial charge on any atom is 0.387 e. The lowest BCUT2D eigenvalue weighted by Gasteiger charge is -2.34. The Kier molecular flexibility index (Phi) is 6.48. The van der Waals surface area contributed by atoms with Crippen LogP contribution < -0.4 is 14.4 Å². The van der Waals surface area contributed by atoms with Crippen molar-refractivity contribution in [3.8, 4) is 5.75 Å². The van der Waals surface area contributed by atoms with E-state index in [1.165, 1.54) is 12.1 Å². The summed E-state index contributed by atoms with van der Waals surface area (Å²) >= 11 is 0. The van der Waals surface area contributed by atoms with Crippen LogP contribution >= 0.6 is 0 Å². The molecule has 2 aromatic rings. The molecular weight excluding hydrogens is 388 g/mol. The number of hydrogen-bond donors (Lipinski definition) is 1. The third-order valence-corrected chi connectivity index (χ3v) is 6.04. The zero-order valence-electron chi connectivity index (χ0n) is 15.5. The van der Waals surface area contributed by atoms with E-state index >= 15 is 0 Å². The first-order valence-electron chi connectivity index (χ1n) is 8.91. The number of halogens is 2. The summed E-state index contributed by atoms with van der Waals surface area (Å²) in [6.07, 6.45) is 0. The number of nitrogens with zero attached hydrogens (tertiary/aromatic N) is 2. The molecule has 1 aliphatic rings. The van der Waals surface area contributed by atoms with Gasteiger partial charge in [0, 0.05) is 44.0 Å². The number of hydrogen-bond acceptors (Lipinski definition) is 5. The Morgan fingerprint density at radius 1 is 1.07 bits per heavy atom. The molecule has 28 heavy (non-hydrogen) atoms. The smallest absolute Gasteiger partial charge is 0.387 e. The van der Waals surface area contributed by atoms with Crippen molar-refractivity contribution in [2.75, 3.05) is 38.1 Å². The highest BCUT2D eigenvalue weighted by atomic mass is 32.2. The van der Waals surface area contributed by atoms with Crippen molar-refractivity contribution >= 4 is 15.7 Å². The van der Waals surface area contributed by atoms with Crippen molar-refractivity contribution in [1.29, 1.82) is 0 Å². The van der Waals surface area contributed by atoms with Crippen LogP contribution in [0.3, 0.4) is 0 Å². The second-order valence-corrected chi connectivity index (χ2v) is 8.37. The van der Waals surface area contributed by atoms with E-state index in [1.807, 2.05) is 6.07 Å². The lowest BCUT2D eigenvalue weighted by atomic mass is 10.2. The van der Waals surface area contributed by atoms with Gasteiger partial charge in [0.15, 0.2) is 0 Å². The molecule has 0 atom stereocenters. The number of nitrogens with one attached hydrogen (secondary N) is 1. The molecule has 1 fully saturated rings. The molecule has 1 heterocycles. The highest BCUT2D eigenvalue weighted by Crippen LogP contribution is 2.23. The third-order valence-electron chi connectivity index (χ3n) is 4.64. The quantitative estimate of drug-likeness (QED) is 0.759. The van der Waals surface area contributed by atoms with Crippen molar-refractivity contribution in [3.05, 3.63) is 54.1 Å². The summed E-state index contributed by atoms with van der Waals surface area (Å²) < 4.78 is 57.3. The van der Waals surface area contributed by atoms with E-state index in [2.05, 4.69) is 26.3 Å². The summed E-state index contributed by atoms with van der Waals surface area (Å²) in [6.45, 7) is 0.353. The Labute approximate surface area is 163 Å². The number of likely N-dealkylation sites (N-methyl/N-ethyl adjacent to an activating group) is 1. The number of piperazine rings is 1. The molecule has 3 rings (SSSR count). The number of alkyl halides is 2. The summed E-state index contributed by atoms with van der Waals surface area (Å²) in [6, 6.07) is 12.8. The lowest BCUT2D eigenvalue weighted by Crippen LogP contribution is -2.44. The summed E-state index contributed by atoms with van der Waals surface area (Å²) in [7, 11) is -1.75. The van der Waals surface area contributed by atoms with Crippen LogP contribution in [0.5, 0.6) is 5.75 Å². The first kappa shape index (κ1) is 20.5. The van der Waals surface area contributed by atoms with E-state index in [0.717, 1.165) is 31.9 Å². The zero-order chi connectivity index (χ0) is 20.1. The van der Waals surface area contributed by atoms with Crippen molar-refractivity contribution in [2.24, 2.45) is 0 Å². The van der Waals surface area contributed by atoms with Gasteiger partial charge in [-0.1, -0.05) is 24.3 Å². The molecular formula is C19H23F2N3O3S. The Hall–Kier alpha value is -2.23. The van der Waals surface area contributed by atoms with Gasteiger partial charge in [-0.2, -0.15) is 8.78 Å². The van der Waals surface area contributed by atoms with Crippen LogP contribution in [0.1, 0.15) is 5.56 Å². The van der Waals surface area contributed by atoms with Crippen LogP contribution in [0.25, 0.3) is 0 Å². The molecule has 2 aromatic carbocycles. The van der Waals surface area contributed by atoms with E-state index in [0.29, 0.717) is 5.56 Å². The van der Waals surface area contributed by atoms with Gasteiger partial charge in [0.1, 0.15) is 5.75 Å². The largest absolute Gasteiger partial charge is 0.434 e. The van der Waals surface area contributed by atoms with Gasteiger partial charge >= 0.3 is 6.61 Å². The molecule has 0 aliphatic carbocycles. The normalized spacial score (nSPS) is 15.8. The second kappa shape index (κ2) is 8.85. The van der Waals surface area contributed by atoms with Crippen molar-refractivity contribution < 1.29 is 21.9 Å². The number of ether oxygens (including phenoxy) is 1. The zero-order valence-corrected chi connectivity index (χ0v) is 16.3. The van der Waals surface area contributed by atoms with Gasteiger partial charge in [0.2, 0.25) is 10.0 Å². The molecule has 0 radical (unpaired) electrons. The fourth-order valence-corrected chi connectivity index (χ4v) is 4.07. The summed E-state index contributed by atoms with van der Waals surface area (Å²) in [5, 5.41) is 0. The van der Waals surface area contributed by atoms with Gasteiger partial charge in [-0.3, -0.25) is 0 Å². The maximum atomic E-state index is 12.7. The molecule has 0 spiro atoms. The Morgan fingerprint density at radius 3 is 2.50 bits per heavy atom. The van der Waals surface area contributed by atoms with Crippen molar-refractivity contribution in [2.45, 2.75) is 18.1 Å². The fourth-order valence-electron chi connectivity index (χ4n) is 3.03. The van der Waals surface area contributed by atoms with Crippen molar-refractivity contribution in [3.63, 3.8) is 0 Å². The van der Waals surface area contributed by atoms with Gasteiger partial charge in [0.05, 0.1) is 4.90 Å². The van der Waals surface area contributed by atoms with Gasteiger partial charge in [0.25, 0.3) is 0 Å². The Morgan fingerprint density at radius 2 is 1.79 bits per heavy atom. The summed E-state index contributed by atoms with van der Waals surface area (Å²) in [5.41, 5.74) is 1.18. The van der Waals surface area contributed by atoms with E-state index < -0.39 is 16.6 Å². The van der Waals surface area contributed by atoms with Gasteiger partial charge in [-0.05, 0) is 31.3 Å². The molecule has 0 saturated carbocycles. The predicted molar refractivity (Wildman–Crippen MR) is 103 cm³/mol. The Balaban J connectivity index is 1.73. The van der Waals surface area contributed by atoms with Crippen LogP contribution in [-0.2, 0) is 16.6 Å². The SMILES string of the molecule is CN1CCN(c2cccc(S(=O)(=O)NCc3ccccc3OC(F)F)c2)CC1. The summed E-state index contributed by atoms with van der Waals surface area (Å²) in [5.74, 6) is -0.0496. The number of para-hydroxylation sites is 1. The van der Waals surface area contributed by atoms with E-state index in [-0.39, 0.29) is 17.2 Å². The maximum absolute atomic E-state index is 12.7. The van der Waals surface area contributed by atoms with Gasteiger partial charge in [-0.15, -0.1) is 0 Å². The number of sulfonamides is 1. The molecule has 9 heteroatoms. The number of rotatable bonds is 7. The van der Waals surface area contributed by atoms with Crippen LogP contribution in [0.15, 0.2) is 53.4 Å². The molecule has 6 nitrogen and oxygen atoms in total. The molecule has 0 amide bonds. The molecule has 0 unspecified atom stereocenters. The first-order valence-corrected chi connectivity index (χ1v) is 10.4. The predicted octanol–water partition coefficient (Wildman–Crippen LogP) is 2.52. The molecule has 1 saturated heterocycles. The lowest BCUT2D eigenvalue weighted by molar-refractivity contribution is -0.0504. The van der Waals surface area contributed by atoms with E-state index in [9.17, 15) is 17.2 Å². The molecule has 1 N–H and O–H groups in total. The number of benzene rings is 2. The van der Waals surface area contributed by atoms with E-state index in [1.54, 1.807) is 30.3 Å². The number of anilines is 1. The standard InChI is InChI=1S/C19H23F2N3O3S/c1-23-9-11-24(12-10-23)16-6-4-7-17(13-16)28(25,26)22-14-15-5-2-3-8-18(15)27-19(20)21/h2-8,13,19,22H,9-12,14H2,1H3. The Bertz CT molecular complexity index is 901. The van der Waals surface area contributed by atoms with Gasteiger partial charge < -0.3 is 14.5 Å². The fraction of sp³-hybridized carbons (Fsp3) is 0.368. The topological polar surface area (TPSA) is 61.9 Å².